The molecule has 1 heterocycles. The number of hydrogen-bond donors (Lipinski definition) is 2. The highest BCUT2D eigenvalue weighted by molar-refractivity contribution is 6.00. The second kappa shape index (κ2) is 9.97. The normalized spacial score (nSPS) is 16.5. The largest absolute Gasteiger partial charge is 0.494 e. The monoisotopic (exact) mass is 425 g/mol. The Balaban J connectivity index is 1.47. The Kier molecular flexibility index (Phi) is 7.12. The third kappa shape index (κ3) is 5.75. The van der Waals surface area contributed by atoms with Crippen LogP contribution in [-0.2, 0) is 14.4 Å². The van der Waals surface area contributed by atoms with Crippen molar-refractivity contribution >= 4 is 23.4 Å². The molecule has 3 rings (SSSR count). The summed E-state index contributed by atoms with van der Waals surface area (Å²) >= 11 is 0. The van der Waals surface area contributed by atoms with E-state index in [9.17, 15) is 14.4 Å². The van der Waals surface area contributed by atoms with Gasteiger partial charge in [0.15, 0.2) is 6.10 Å². The summed E-state index contributed by atoms with van der Waals surface area (Å²) in [6.07, 6.45) is -0.735. The lowest BCUT2D eigenvalue weighted by atomic mass is 10.1. The van der Waals surface area contributed by atoms with Crippen molar-refractivity contribution in [1.29, 1.82) is 0 Å². The maximum atomic E-state index is 12.4. The van der Waals surface area contributed by atoms with Gasteiger partial charge < -0.3 is 14.4 Å². The first kappa shape index (κ1) is 22.1. The Bertz CT molecular complexity index is 927. The number of ether oxygens (including phenoxy) is 2. The SMILES string of the molecule is CCOc1ccc(O[C@@H](C)C(=O)NNC(=O)[C@H]2CC(=O)N(c3ccc(C)cc3)C2)cc1. The minimum atomic E-state index is -0.826. The molecule has 0 spiro atoms. The summed E-state index contributed by atoms with van der Waals surface area (Å²) in [7, 11) is 0. The molecule has 31 heavy (non-hydrogen) atoms. The molecule has 0 aromatic heterocycles. The van der Waals surface area contributed by atoms with Crippen molar-refractivity contribution in [1.82, 2.24) is 10.9 Å². The maximum Gasteiger partial charge on any atom is 0.279 e. The molecule has 2 N–H and O–H groups in total. The van der Waals surface area contributed by atoms with Crippen molar-refractivity contribution in [3.8, 4) is 11.5 Å². The molecule has 3 amide bonds. The van der Waals surface area contributed by atoms with Gasteiger partial charge in [-0.2, -0.15) is 0 Å². The summed E-state index contributed by atoms with van der Waals surface area (Å²) in [6.45, 7) is 6.27. The average molecular weight is 425 g/mol. The number of hydrogen-bond acceptors (Lipinski definition) is 5. The number of nitrogens with zero attached hydrogens (tertiary/aromatic N) is 1. The van der Waals surface area contributed by atoms with Crippen molar-refractivity contribution in [3.05, 3.63) is 54.1 Å². The lowest BCUT2D eigenvalue weighted by Crippen LogP contribution is -2.49. The lowest BCUT2D eigenvalue weighted by molar-refractivity contribution is -0.134. The van der Waals surface area contributed by atoms with Crippen LogP contribution < -0.4 is 25.2 Å². The van der Waals surface area contributed by atoms with Gasteiger partial charge in [-0.25, -0.2) is 0 Å². The number of hydrazine groups is 1. The fourth-order valence-corrected chi connectivity index (χ4v) is 3.22. The Morgan fingerprint density at radius 3 is 2.35 bits per heavy atom. The van der Waals surface area contributed by atoms with E-state index < -0.39 is 23.8 Å². The van der Waals surface area contributed by atoms with Crippen LogP contribution in [0, 0.1) is 12.8 Å². The molecule has 164 valence electrons. The number of nitrogens with one attached hydrogen (secondary N) is 2. The van der Waals surface area contributed by atoms with E-state index in [1.165, 1.54) is 0 Å². The zero-order valence-corrected chi connectivity index (χ0v) is 17.9. The second-order valence-electron chi connectivity index (χ2n) is 7.38. The van der Waals surface area contributed by atoms with Crippen LogP contribution in [0.2, 0.25) is 0 Å². The summed E-state index contributed by atoms with van der Waals surface area (Å²) in [5.41, 5.74) is 6.62. The van der Waals surface area contributed by atoms with E-state index in [0.717, 1.165) is 11.3 Å². The predicted molar refractivity (Wildman–Crippen MR) is 116 cm³/mol. The lowest BCUT2D eigenvalue weighted by Gasteiger charge is -2.18. The van der Waals surface area contributed by atoms with E-state index >= 15 is 0 Å². The van der Waals surface area contributed by atoms with Gasteiger partial charge in [-0.3, -0.25) is 25.2 Å². The number of rotatable bonds is 7. The van der Waals surface area contributed by atoms with Crippen molar-refractivity contribution in [2.75, 3.05) is 18.1 Å². The molecule has 8 nitrogen and oxygen atoms in total. The van der Waals surface area contributed by atoms with Crippen LogP contribution in [0.1, 0.15) is 25.8 Å². The molecule has 2 aromatic rings. The van der Waals surface area contributed by atoms with E-state index in [-0.39, 0.29) is 18.9 Å². The summed E-state index contributed by atoms with van der Waals surface area (Å²) in [5.74, 6) is -0.358. The number of carbonyl (C=O) groups excluding carboxylic acids is 3. The summed E-state index contributed by atoms with van der Waals surface area (Å²) in [4.78, 5) is 38.6. The Hall–Kier alpha value is -3.55. The molecule has 0 bridgehead atoms. The van der Waals surface area contributed by atoms with Crippen LogP contribution in [0.4, 0.5) is 5.69 Å². The highest BCUT2D eigenvalue weighted by atomic mass is 16.5. The van der Waals surface area contributed by atoms with Gasteiger partial charge >= 0.3 is 0 Å². The minimum Gasteiger partial charge on any atom is -0.494 e. The Morgan fingerprint density at radius 1 is 1.06 bits per heavy atom. The van der Waals surface area contributed by atoms with Crippen LogP contribution in [0.3, 0.4) is 0 Å². The molecule has 1 saturated heterocycles. The van der Waals surface area contributed by atoms with Crippen molar-refractivity contribution in [2.24, 2.45) is 5.92 Å². The topological polar surface area (TPSA) is 97.0 Å². The Morgan fingerprint density at radius 2 is 1.71 bits per heavy atom. The fourth-order valence-electron chi connectivity index (χ4n) is 3.22. The summed E-state index contributed by atoms with van der Waals surface area (Å²) in [6, 6.07) is 14.5. The van der Waals surface area contributed by atoms with Crippen molar-refractivity contribution < 1.29 is 23.9 Å². The van der Waals surface area contributed by atoms with Crippen LogP contribution in [0.15, 0.2) is 48.5 Å². The molecule has 0 aliphatic carbocycles. The molecule has 1 aliphatic rings. The number of anilines is 1. The highest BCUT2D eigenvalue weighted by Gasteiger charge is 2.35. The summed E-state index contributed by atoms with van der Waals surface area (Å²) in [5, 5.41) is 0. The van der Waals surface area contributed by atoms with Crippen LogP contribution in [-0.4, -0.2) is 37.0 Å². The first-order valence-electron chi connectivity index (χ1n) is 10.2. The zero-order chi connectivity index (χ0) is 22.4. The predicted octanol–water partition coefficient (Wildman–Crippen LogP) is 2.36. The zero-order valence-electron chi connectivity index (χ0n) is 17.9. The first-order valence-corrected chi connectivity index (χ1v) is 10.2. The highest BCUT2D eigenvalue weighted by Crippen LogP contribution is 2.25. The molecule has 2 atom stereocenters. The summed E-state index contributed by atoms with van der Waals surface area (Å²) < 4.78 is 11.0. The smallest absolute Gasteiger partial charge is 0.279 e. The van der Waals surface area contributed by atoms with Gasteiger partial charge in [0, 0.05) is 18.7 Å². The van der Waals surface area contributed by atoms with E-state index in [1.54, 1.807) is 36.1 Å². The van der Waals surface area contributed by atoms with Crippen LogP contribution in [0.25, 0.3) is 0 Å². The molecule has 1 aliphatic heterocycles. The maximum absolute atomic E-state index is 12.4. The number of amides is 3. The molecule has 0 radical (unpaired) electrons. The molecule has 8 heteroatoms. The number of benzene rings is 2. The molecule has 1 fully saturated rings. The molecule has 2 aromatic carbocycles. The quantitative estimate of drug-likeness (QED) is 0.664. The van der Waals surface area contributed by atoms with E-state index in [1.807, 2.05) is 38.1 Å². The second-order valence-corrected chi connectivity index (χ2v) is 7.38. The molecule has 0 saturated carbocycles. The van der Waals surface area contributed by atoms with Crippen LogP contribution >= 0.6 is 0 Å². The molecular formula is C23H27N3O5. The van der Waals surface area contributed by atoms with Gasteiger partial charge in [-0.05, 0) is 57.2 Å². The van der Waals surface area contributed by atoms with E-state index in [4.69, 9.17) is 9.47 Å². The van der Waals surface area contributed by atoms with E-state index in [0.29, 0.717) is 18.1 Å². The minimum absolute atomic E-state index is 0.0911. The van der Waals surface area contributed by atoms with E-state index in [2.05, 4.69) is 10.9 Å². The van der Waals surface area contributed by atoms with Crippen molar-refractivity contribution in [2.45, 2.75) is 33.3 Å². The Labute approximate surface area is 181 Å². The van der Waals surface area contributed by atoms with Gasteiger partial charge in [-0.1, -0.05) is 17.7 Å². The van der Waals surface area contributed by atoms with Crippen molar-refractivity contribution in [3.63, 3.8) is 0 Å². The van der Waals surface area contributed by atoms with Gasteiger partial charge in [0.25, 0.3) is 5.91 Å². The first-order chi connectivity index (χ1) is 14.9. The van der Waals surface area contributed by atoms with Gasteiger partial charge in [0.2, 0.25) is 11.8 Å². The van der Waals surface area contributed by atoms with Crippen LogP contribution in [0.5, 0.6) is 11.5 Å². The third-order valence-electron chi connectivity index (χ3n) is 4.97. The van der Waals surface area contributed by atoms with Gasteiger partial charge in [-0.15, -0.1) is 0 Å². The third-order valence-corrected chi connectivity index (χ3v) is 4.97. The fraction of sp³-hybridized carbons (Fsp3) is 0.348. The standard InChI is InChI=1S/C23H27N3O5/c1-4-30-19-9-11-20(12-10-19)31-16(3)22(28)24-25-23(29)17-13-21(27)26(14-17)18-7-5-15(2)6-8-18/h5-12,16-17H,4,13-14H2,1-3H3,(H,24,28)(H,25,29)/t16-,17-/m0/s1. The van der Waals surface area contributed by atoms with Gasteiger partial charge in [0.05, 0.1) is 12.5 Å². The molecular weight excluding hydrogens is 398 g/mol. The molecule has 0 unspecified atom stereocenters. The average Bonchev–Trinajstić information content (AvgIpc) is 3.15. The van der Waals surface area contributed by atoms with Gasteiger partial charge in [0.1, 0.15) is 11.5 Å². The number of aryl methyl sites for hydroxylation is 1. The number of carbonyl (C=O) groups is 3.